The van der Waals surface area contributed by atoms with E-state index >= 15 is 0 Å². The first-order valence-corrected chi connectivity index (χ1v) is 9.60. The Balaban J connectivity index is 1.38. The monoisotopic (exact) mass is 382 g/mol. The summed E-state index contributed by atoms with van der Waals surface area (Å²) in [5, 5.41) is 12.2. The SMILES string of the molecule is CC1CN(Cc2nnc(C(=O)NCc3ccc(F)cc3)s2)c2ccccc21. The molecule has 0 saturated heterocycles. The lowest BCUT2D eigenvalue weighted by atomic mass is 10.0. The second kappa shape index (κ2) is 7.44. The van der Waals surface area contributed by atoms with Crippen molar-refractivity contribution in [2.45, 2.75) is 25.9 Å². The zero-order valence-corrected chi connectivity index (χ0v) is 15.7. The van der Waals surface area contributed by atoms with Gasteiger partial charge in [-0.25, -0.2) is 4.39 Å². The number of benzene rings is 2. The molecule has 0 spiro atoms. The van der Waals surface area contributed by atoms with Gasteiger partial charge in [-0.2, -0.15) is 0 Å². The average Bonchev–Trinajstić information content (AvgIpc) is 3.27. The summed E-state index contributed by atoms with van der Waals surface area (Å²) < 4.78 is 12.9. The second-order valence-electron chi connectivity index (χ2n) is 6.65. The molecule has 1 aliphatic heterocycles. The van der Waals surface area contributed by atoms with Crippen molar-refractivity contribution < 1.29 is 9.18 Å². The maximum Gasteiger partial charge on any atom is 0.282 e. The third-order valence-corrected chi connectivity index (χ3v) is 5.56. The molecular weight excluding hydrogens is 363 g/mol. The summed E-state index contributed by atoms with van der Waals surface area (Å²) in [6.07, 6.45) is 0. The normalized spacial score (nSPS) is 15.6. The number of fused-ring (bicyclic) bond motifs is 1. The lowest BCUT2D eigenvalue weighted by Gasteiger charge is -2.17. The molecule has 0 aliphatic carbocycles. The number of hydrogen-bond acceptors (Lipinski definition) is 5. The van der Waals surface area contributed by atoms with E-state index in [-0.39, 0.29) is 11.7 Å². The van der Waals surface area contributed by atoms with Crippen molar-refractivity contribution in [3.8, 4) is 0 Å². The second-order valence-corrected chi connectivity index (χ2v) is 7.71. The number of carbonyl (C=O) groups is 1. The van der Waals surface area contributed by atoms with Crippen molar-refractivity contribution in [3.05, 3.63) is 75.5 Å². The Morgan fingerprint density at radius 2 is 2.00 bits per heavy atom. The highest BCUT2D eigenvalue weighted by Crippen LogP contribution is 2.36. The highest BCUT2D eigenvalue weighted by atomic mass is 32.1. The molecular formula is C20H19FN4OS. The van der Waals surface area contributed by atoms with Crippen LogP contribution in [-0.4, -0.2) is 22.6 Å². The Morgan fingerprint density at radius 3 is 2.81 bits per heavy atom. The molecule has 138 valence electrons. The van der Waals surface area contributed by atoms with Gasteiger partial charge in [0, 0.05) is 24.7 Å². The minimum Gasteiger partial charge on any atom is -0.364 e. The molecule has 2 heterocycles. The maximum atomic E-state index is 12.9. The highest BCUT2D eigenvalue weighted by molar-refractivity contribution is 7.13. The Morgan fingerprint density at radius 1 is 1.22 bits per heavy atom. The Kier molecular flexibility index (Phi) is 4.85. The predicted octanol–water partition coefficient (Wildman–Crippen LogP) is 3.73. The van der Waals surface area contributed by atoms with E-state index in [9.17, 15) is 9.18 Å². The van der Waals surface area contributed by atoms with Gasteiger partial charge in [0.25, 0.3) is 5.91 Å². The fraction of sp³-hybridized carbons (Fsp3) is 0.250. The summed E-state index contributed by atoms with van der Waals surface area (Å²) in [5.74, 6) is -0.0810. The van der Waals surface area contributed by atoms with Gasteiger partial charge in [-0.15, -0.1) is 10.2 Å². The van der Waals surface area contributed by atoms with Crippen molar-refractivity contribution in [1.29, 1.82) is 0 Å². The molecule has 1 aliphatic rings. The lowest BCUT2D eigenvalue weighted by molar-refractivity contribution is 0.0950. The Hall–Kier alpha value is -2.80. The van der Waals surface area contributed by atoms with Crippen molar-refractivity contribution in [1.82, 2.24) is 15.5 Å². The molecule has 0 fully saturated rings. The molecule has 7 heteroatoms. The van der Waals surface area contributed by atoms with Crippen LogP contribution in [0.2, 0.25) is 0 Å². The number of nitrogens with zero attached hydrogens (tertiary/aromatic N) is 3. The number of amides is 1. The van der Waals surface area contributed by atoms with E-state index in [1.54, 1.807) is 12.1 Å². The molecule has 2 aromatic carbocycles. The first kappa shape index (κ1) is 17.6. The van der Waals surface area contributed by atoms with Gasteiger partial charge in [-0.05, 0) is 29.3 Å². The summed E-state index contributed by atoms with van der Waals surface area (Å²) in [4.78, 5) is 14.6. The fourth-order valence-electron chi connectivity index (χ4n) is 3.30. The van der Waals surface area contributed by atoms with Crippen molar-refractivity contribution in [3.63, 3.8) is 0 Å². The van der Waals surface area contributed by atoms with E-state index in [2.05, 4.69) is 45.5 Å². The van der Waals surface area contributed by atoms with Gasteiger partial charge in [-0.3, -0.25) is 4.79 Å². The minimum atomic E-state index is -0.295. The fourth-order valence-corrected chi connectivity index (χ4v) is 4.07. The molecule has 0 saturated carbocycles. The molecule has 4 rings (SSSR count). The largest absolute Gasteiger partial charge is 0.364 e. The Bertz CT molecular complexity index is 957. The maximum absolute atomic E-state index is 12.9. The van der Waals surface area contributed by atoms with Gasteiger partial charge in [0.2, 0.25) is 5.01 Å². The summed E-state index contributed by atoms with van der Waals surface area (Å²) in [6.45, 7) is 4.12. The molecule has 0 radical (unpaired) electrons. The zero-order valence-electron chi connectivity index (χ0n) is 14.9. The van der Waals surface area contributed by atoms with E-state index in [4.69, 9.17) is 0 Å². The average molecular weight is 382 g/mol. The highest BCUT2D eigenvalue weighted by Gasteiger charge is 2.26. The van der Waals surface area contributed by atoms with Gasteiger partial charge in [0.1, 0.15) is 10.8 Å². The van der Waals surface area contributed by atoms with Crippen LogP contribution in [0.5, 0.6) is 0 Å². The Labute approximate surface area is 160 Å². The zero-order chi connectivity index (χ0) is 18.8. The molecule has 0 bridgehead atoms. The van der Waals surface area contributed by atoms with E-state index in [1.165, 1.54) is 34.7 Å². The standard InChI is InChI=1S/C20H19FN4OS/c1-13-11-25(17-5-3-2-4-16(13)17)12-18-23-24-20(27-18)19(26)22-10-14-6-8-15(21)9-7-14/h2-9,13H,10-12H2,1H3,(H,22,26). The molecule has 1 amide bonds. The quantitative estimate of drug-likeness (QED) is 0.731. The first-order chi connectivity index (χ1) is 13.1. The molecule has 1 N–H and O–H groups in total. The summed E-state index contributed by atoms with van der Waals surface area (Å²) in [7, 11) is 0. The van der Waals surface area contributed by atoms with Gasteiger partial charge >= 0.3 is 0 Å². The van der Waals surface area contributed by atoms with Crippen LogP contribution in [0.1, 0.15) is 38.8 Å². The van der Waals surface area contributed by atoms with E-state index in [1.807, 2.05) is 6.07 Å². The van der Waals surface area contributed by atoms with Gasteiger partial charge in [-0.1, -0.05) is 48.6 Å². The van der Waals surface area contributed by atoms with Gasteiger partial charge < -0.3 is 10.2 Å². The molecule has 1 unspecified atom stereocenters. The lowest BCUT2D eigenvalue weighted by Crippen LogP contribution is -2.22. The van der Waals surface area contributed by atoms with Crippen LogP contribution in [0.25, 0.3) is 0 Å². The molecule has 1 aromatic heterocycles. The minimum absolute atomic E-state index is 0.265. The van der Waals surface area contributed by atoms with E-state index in [0.29, 0.717) is 24.0 Å². The van der Waals surface area contributed by atoms with Crippen LogP contribution in [0.3, 0.4) is 0 Å². The molecule has 5 nitrogen and oxygen atoms in total. The van der Waals surface area contributed by atoms with Crippen LogP contribution < -0.4 is 10.2 Å². The summed E-state index contributed by atoms with van der Waals surface area (Å²) in [6, 6.07) is 14.4. The first-order valence-electron chi connectivity index (χ1n) is 8.79. The van der Waals surface area contributed by atoms with Gasteiger partial charge in [0.15, 0.2) is 0 Å². The summed E-state index contributed by atoms with van der Waals surface area (Å²) >= 11 is 1.31. The third kappa shape index (κ3) is 3.83. The van der Waals surface area contributed by atoms with Gasteiger partial charge in [0.05, 0.1) is 6.54 Å². The third-order valence-electron chi connectivity index (χ3n) is 4.66. The smallest absolute Gasteiger partial charge is 0.282 e. The summed E-state index contributed by atoms with van der Waals surface area (Å²) in [5.41, 5.74) is 3.40. The molecule has 1 atom stereocenters. The van der Waals surface area contributed by atoms with Crippen LogP contribution in [-0.2, 0) is 13.1 Å². The van der Waals surface area contributed by atoms with Crippen molar-refractivity contribution in [2.75, 3.05) is 11.4 Å². The predicted molar refractivity (Wildman–Crippen MR) is 103 cm³/mol. The topological polar surface area (TPSA) is 58.1 Å². The van der Waals surface area contributed by atoms with E-state index in [0.717, 1.165) is 17.1 Å². The number of aromatic nitrogens is 2. The molecule has 27 heavy (non-hydrogen) atoms. The van der Waals surface area contributed by atoms with Crippen LogP contribution in [0, 0.1) is 5.82 Å². The number of anilines is 1. The number of halogens is 1. The number of rotatable bonds is 5. The van der Waals surface area contributed by atoms with Crippen molar-refractivity contribution in [2.24, 2.45) is 0 Å². The number of hydrogen-bond donors (Lipinski definition) is 1. The molecule has 3 aromatic rings. The van der Waals surface area contributed by atoms with Crippen LogP contribution >= 0.6 is 11.3 Å². The van der Waals surface area contributed by atoms with Crippen molar-refractivity contribution >= 4 is 22.9 Å². The number of nitrogens with one attached hydrogen (secondary N) is 1. The van der Waals surface area contributed by atoms with E-state index < -0.39 is 0 Å². The van der Waals surface area contributed by atoms with Crippen LogP contribution in [0.4, 0.5) is 10.1 Å². The van der Waals surface area contributed by atoms with Crippen LogP contribution in [0.15, 0.2) is 48.5 Å². The number of para-hydroxylation sites is 1. The number of carbonyl (C=O) groups excluding carboxylic acids is 1.